The van der Waals surface area contributed by atoms with E-state index < -0.39 is 42.3 Å². The molecule has 0 radical (unpaired) electrons. The van der Waals surface area contributed by atoms with Gasteiger partial charge in [-0.05, 0) is 62.2 Å². The van der Waals surface area contributed by atoms with Crippen LogP contribution in [0.15, 0.2) is 364 Å². The Morgan fingerprint density at radius 3 is 0.296 bits per heavy atom. The normalized spacial score (nSPS) is 12.1. The first kappa shape index (κ1) is 53.2. The zero-order valence-electron chi connectivity index (χ0n) is 44.8. The van der Waals surface area contributed by atoms with Crippen LogP contribution in [0, 0.1) is 0 Å². The monoisotopic (exact) mass is 1130 g/mol. The van der Waals surface area contributed by atoms with E-state index in [0.717, 1.165) is 62.2 Å². The topological polar surface area (TPSA) is 36.9 Å². The summed E-state index contributed by atoms with van der Waals surface area (Å²) in [5, 5.41) is 12.2. The first-order chi connectivity index (χ1) is 40.1. The SMILES string of the molecule is c1ccc([Si](O[Si](O[Si](c2ccccc2)(c2ccccc2)c2ccccc2)(O[Si](c2ccccc2)(c2ccccc2)c2ccccc2)O[Si](c2ccccc2)(c2ccccc2)c2ccccc2)(c2ccccc2)c2ccccc2)cc1. The highest BCUT2D eigenvalue weighted by atomic mass is 28.5. The van der Waals surface area contributed by atoms with Crippen molar-refractivity contribution in [2.24, 2.45) is 0 Å². The third-order valence-corrected chi connectivity index (χ3v) is 37.9. The van der Waals surface area contributed by atoms with Gasteiger partial charge in [-0.2, -0.15) is 0 Å². The van der Waals surface area contributed by atoms with E-state index in [1.165, 1.54) is 0 Å². The molecule has 0 aliphatic heterocycles. The molecule has 12 aromatic rings. The van der Waals surface area contributed by atoms with Gasteiger partial charge in [-0.25, -0.2) is 0 Å². The molecule has 0 heterocycles. The minimum atomic E-state index is -5.28. The lowest BCUT2D eigenvalue weighted by Crippen LogP contribution is -2.86. The maximum Gasteiger partial charge on any atom is 0.640 e. The molecule has 0 aliphatic carbocycles. The standard InChI is InChI=1S/C72H60O4Si5/c1-13-37-61(38-14-1)77(62-39-15-2-16-40-62,63-41-17-3-18-42-63)73-81(74-78(64-43-19-4-20-44-64,65-45-21-5-22-46-65)66-47-23-6-24-48-66,75-79(67-49-25-7-26-50-67,68-51-27-8-28-52-68)69-53-29-9-30-54-69)76-80(70-55-31-10-32-56-70,71-57-33-11-34-58-71)72-59-35-12-36-60-72/h1-60H. The summed E-state index contributed by atoms with van der Waals surface area (Å²) in [5.41, 5.74) is 0. The predicted molar refractivity (Wildman–Crippen MR) is 346 cm³/mol. The summed E-state index contributed by atoms with van der Waals surface area (Å²) in [4.78, 5) is 0. The summed E-state index contributed by atoms with van der Waals surface area (Å²) in [6.45, 7) is 0. The fourth-order valence-electron chi connectivity index (χ4n) is 11.7. The van der Waals surface area contributed by atoms with Crippen LogP contribution in [-0.2, 0) is 16.5 Å². The molecule has 392 valence electrons. The molecule has 0 N–H and O–H groups in total. The lowest BCUT2D eigenvalue weighted by Gasteiger charge is -2.51. The molecule has 9 heteroatoms. The zero-order chi connectivity index (χ0) is 54.7. The molecular formula is C72H60O4Si5. The van der Waals surface area contributed by atoms with Crippen molar-refractivity contribution in [2.75, 3.05) is 0 Å². The van der Waals surface area contributed by atoms with Crippen molar-refractivity contribution in [3.05, 3.63) is 364 Å². The van der Waals surface area contributed by atoms with Gasteiger partial charge in [0.15, 0.2) is 0 Å². The molecule has 4 nitrogen and oxygen atoms in total. The number of benzene rings is 12. The summed E-state index contributed by atoms with van der Waals surface area (Å²) in [6, 6.07) is 130. The van der Waals surface area contributed by atoms with Crippen LogP contribution in [0.5, 0.6) is 0 Å². The molecule has 0 spiro atoms. The fraction of sp³-hybridized carbons (Fsp3) is 0. The van der Waals surface area contributed by atoms with Gasteiger partial charge in [0.05, 0.1) is 0 Å². The minimum Gasteiger partial charge on any atom is -0.382 e. The summed E-state index contributed by atoms with van der Waals surface area (Å²) in [6.07, 6.45) is 0. The summed E-state index contributed by atoms with van der Waals surface area (Å²) < 4.78 is 37.0. The van der Waals surface area contributed by atoms with Gasteiger partial charge < -0.3 is 16.5 Å². The van der Waals surface area contributed by atoms with Crippen LogP contribution in [0.1, 0.15) is 0 Å². The Bertz CT molecular complexity index is 2940. The Hall–Kier alpha value is -8.44. The van der Waals surface area contributed by atoms with E-state index in [9.17, 15) is 16.5 Å². The lowest BCUT2D eigenvalue weighted by molar-refractivity contribution is 0.161. The second kappa shape index (κ2) is 24.1. The second-order valence-corrected chi connectivity index (χ2v) is 36.7. The summed E-state index contributed by atoms with van der Waals surface area (Å²) in [5.74, 6) is 0. The maximum absolute atomic E-state index is 9.26. The Kier molecular flexibility index (Phi) is 15.8. The van der Waals surface area contributed by atoms with Crippen molar-refractivity contribution in [2.45, 2.75) is 0 Å². The first-order valence-corrected chi connectivity index (χ1v) is 36.8. The van der Waals surface area contributed by atoms with E-state index in [-0.39, 0.29) is 0 Å². The lowest BCUT2D eigenvalue weighted by atomic mass is 10.3. The Balaban J connectivity index is 1.34. The maximum atomic E-state index is 9.26. The number of hydrogen-bond donors (Lipinski definition) is 0. The van der Waals surface area contributed by atoms with Gasteiger partial charge in [-0.15, -0.1) is 0 Å². The van der Waals surface area contributed by atoms with Gasteiger partial charge in [0.25, 0.3) is 33.3 Å². The van der Waals surface area contributed by atoms with Crippen molar-refractivity contribution in [3.63, 3.8) is 0 Å². The Morgan fingerprint density at radius 1 is 0.123 bits per heavy atom. The number of rotatable bonds is 20. The van der Waals surface area contributed by atoms with Gasteiger partial charge in [0, 0.05) is 0 Å². The molecular weight excluding hydrogens is 1070 g/mol. The average Bonchev–Trinajstić information content (AvgIpc) is 3.74. The van der Waals surface area contributed by atoms with Crippen molar-refractivity contribution in [3.8, 4) is 0 Å². The first-order valence-electron chi connectivity index (χ1n) is 27.6. The summed E-state index contributed by atoms with van der Waals surface area (Å²) in [7, 11) is -21.3. The van der Waals surface area contributed by atoms with E-state index in [2.05, 4.69) is 364 Å². The molecule has 12 aromatic carbocycles. The van der Waals surface area contributed by atoms with Crippen LogP contribution < -0.4 is 62.2 Å². The molecule has 0 saturated carbocycles. The highest BCUT2D eigenvalue weighted by Gasteiger charge is 2.68. The molecule has 0 bridgehead atoms. The van der Waals surface area contributed by atoms with Crippen LogP contribution >= 0.6 is 0 Å². The molecule has 0 unspecified atom stereocenters. The zero-order valence-corrected chi connectivity index (χ0v) is 49.8. The van der Waals surface area contributed by atoms with Crippen LogP contribution in [0.2, 0.25) is 0 Å². The molecule has 0 atom stereocenters. The molecule has 0 aromatic heterocycles. The van der Waals surface area contributed by atoms with Crippen molar-refractivity contribution in [1.82, 2.24) is 0 Å². The highest BCUT2D eigenvalue weighted by Crippen LogP contribution is 2.32. The minimum absolute atomic E-state index is 1.01. The van der Waals surface area contributed by atoms with Crippen LogP contribution in [0.25, 0.3) is 0 Å². The predicted octanol–water partition coefficient (Wildman–Crippen LogP) is 8.16. The van der Waals surface area contributed by atoms with Crippen molar-refractivity contribution < 1.29 is 16.5 Å². The van der Waals surface area contributed by atoms with Crippen molar-refractivity contribution in [1.29, 1.82) is 0 Å². The average molecular weight is 1130 g/mol. The van der Waals surface area contributed by atoms with Crippen molar-refractivity contribution >= 4 is 105 Å². The van der Waals surface area contributed by atoms with Crippen LogP contribution in [0.3, 0.4) is 0 Å². The van der Waals surface area contributed by atoms with E-state index >= 15 is 0 Å². The van der Waals surface area contributed by atoms with Gasteiger partial charge in [0.1, 0.15) is 0 Å². The van der Waals surface area contributed by atoms with Gasteiger partial charge >= 0.3 is 9.05 Å². The Morgan fingerprint density at radius 2 is 0.210 bits per heavy atom. The molecule has 0 fully saturated rings. The van der Waals surface area contributed by atoms with Gasteiger partial charge in [0.2, 0.25) is 0 Å². The molecule has 81 heavy (non-hydrogen) atoms. The second-order valence-electron chi connectivity index (χ2n) is 20.0. The van der Waals surface area contributed by atoms with E-state index in [1.54, 1.807) is 0 Å². The number of hydrogen-bond acceptors (Lipinski definition) is 4. The third kappa shape index (κ3) is 10.3. The smallest absolute Gasteiger partial charge is 0.382 e. The largest absolute Gasteiger partial charge is 0.640 e. The summed E-state index contributed by atoms with van der Waals surface area (Å²) >= 11 is 0. The molecule has 0 amide bonds. The van der Waals surface area contributed by atoms with Crippen LogP contribution in [0.4, 0.5) is 0 Å². The Labute approximate surface area is 481 Å². The molecule has 0 saturated heterocycles. The third-order valence-electron chi connectivity index (χ3n) is 15.3. The van der Waals surface area contributed by atoms with Gasteiger partial charge in [-0.3, -0.25) is 0 Å². The molecule has 12 rings (SSSR count). The fourth-order valence-corrected chi connectivity index (χ4v) is 38.5. The van der Waals surface area contributed by atoms with E-state index in [4.69, 9.17) is 0 Å². The van der Waals surface area contributed by atoms with E-state index in [0.29, 0.717) is 0 Å². The van der Waals surface area contributed by atoms with Gasteiger partial charge in [-0.1, -0.05) is 364 Å². The quantitative estimate of drug-likeness (QED) is 0.0571. The molecule has 0 aliphatic rings. The van der Waals surface area contributed by atoms with E-state index in [1.807, 2.05) is 0 Å². The highest BCUT2D eigenvalue weighted by molar-refractivity contribution is 7.18. The van der Waals surface area contributed by atoms with Crippen LogP contribution in [-0.4, -0.2) is 42.3 Å².